The number of rotatable bonds is 6. The molecule has 2 aliphatic heterocycles. The molecule has 0 bridgehead atoms. The molecule has 2 heteroatoms. The Morgan fingerprint density at radius 3 is 1.15 bits per heavy atom. The molecule has 0 aromatic rings. The minimum atomic E-state index is 0.523. The van der Waals surface area contributed by atoms with E-state index >= 15 is 0 Å². The highest BCUT2D eigenvalue weighted by molar-refractivity contribution is 4.82. The van der Waals surface area contributed by atoms with Crippen molar-refractivity contribution in [3.8, 4) is 0 Å². The Labute approximate surface area is 209 Å². The van der Waals surface area contributed by atoms with Crippen LogP contribution in [0.2, 0.25) is 0 Å². The van der Waals surface area contributed by atoms with Gasteiger partial charge in [-0.15, -0.1) is 0 Å². The number of hydrogen-bond donors (Lipinski definition) is 0. The Kier molecular flexibility index (Phi) is 14.2. The van der Waals surface area contributed by atoms with E-state index in [2.05, 4.69) is 83.1 Å². The standard InChI is InChI=1S/C11H22.2C10H20O/c1-8(2)10-6-5-7-11(10)9(3)4;1-7(2)9-5-11-6-10(9)8(3)4;1-7(2)9-5-6-11-10(9)8(3)4/h8-11H,5-7H2,1-4H3;2*7-10H,5-6H2,1-4H3. The molecule has 6 unspecified atom stereocenters. The summed E-state index contributed by atoms with van der Waals surface area (Å²) in [7, 11) is 0. The van der Waals surface area contributed by atoms with Crippen molar-refractivity contribution in [2.24, 2.45) is 65.1 Å². The Morgan fingerprint density at radius 1 is 0.455 bits per heavy atom. The first kappa shape index (κ1) is 31.0. The van der Waals surface area contributed by atoms with Gasteiger partial charge in [0.15, 0.2) is 0 Å². The van der Waals surface area contributed by atoms with Crippen molar-refractivity contribution in [2.75, 3.05) is 19.8 Å². The van der Waals surface area contributed by atoms with Gasteiger partial charge in [-0.1, -0.05) is 89.5 Å². The van der Waals surface area contributed by atoms with Gasteiger partial charge in [-0.3, -0.25) is 0 Å². The molecule has 6 atom stereocenters. The van der Waals surface area contributed by atoms with Gasteiger partial charge in [0, 0.05) is 19.8 Å². The van der Waals surface area contributed by atoms with Gasteiger partial charge in [-0.25, -0.2) is 0 Å². The van der Waals surface area contributed by atoms with Crippen LogP contribution in [0.5, 0.6) is 0 Å². The predicted octanol–water partition coefficient (Wildman–Crippen LogP) is 8.98. The summed E-state index contributed by atoms with van der Waals surface area (Å²) in [5.41, 5.74) is 0. The molecular weight excluding hydrogens is 404 g/mol. The van der Waals surface area contributed by atoms with Crippen LogP contribution in [0.4, 0.5) is 0 Å². The van der Waals surface area contributed by atoms with E-state index < -0.39 is 0 Å². The molecule has 1 saturated carbocycles. The molecule has 2 nitrogen and oxygen atoms in total. The lowest BCUT2D eigenvalue weighted by molar-refractivity contribution is 0.0435. The second kappa shape index (κ2) is 15.1. The lowest BCUT2D eigenvalue weighted by Gasteiger charge is -2.26. The van der Waals surface area contributed by atoms with Gasteiger partial charge in [0.2, 0.25) is 0 Å². The van der Waals surface area contributed by atoms with E-state index in [4.69, 9.17) is 9.47 Å². The third kappa shape index (κ3) is 9.83. The average Bonchev–Trinajstić information content (AvgIpc) is 3.48. The largest absolute Gasteiger partial charge is 0.381 e. The Balaban J connectivity index is 0.000000247. The topological polar surface area (TPSA) is 18.5 Å². The van der Waals surface area contributed by atoms with E-state index in [0.29, 0.717) is 12.0 Å². The normalized spacial score (nSPS) is 32.2. The fraction of sp³-hybridized carbons (Fsp3) is 1.00. The van der Waals surface area contributed by atoms with Crippen molar-refractivity contribution in [2.45, 2.75) is 115 Å². The first-order chi connectivity index (χ1) is 15.4. The second-order valence-corrected chi connectivity index (χ2v) is 13.4. The SMILES string of the molecule is CC(C)C1CCCC1C(C)C.CC(C)C1CCOC1C(C)C.CC(C)C1COCC1C(C)C. The molecule has 0 aromatic carbocycles. The third-order valence-electron chi connectivity index (χ3n) is 8.92. The summed E-state index contributed by atoms with van der Waals surface area (Å²) in [5.74, 6) is 9.30. The zero-order chi connectivity index (χ0) is 25.3. The lowest BCUT2D eigenvalue weighted by Crippen LogP contribution is -2.25. The van der Waals surface area contributed by atoms with Crippen molar-refractivity contribution in [3.05, 3.63) is 0 Å². The molecule has 3 fully saturated rings. The quantitative estimate of drug-likeness (QED) is 0.389. The van der Waals surface area contributed by atoms with E-state index in [-0.39, 0.29) is 0 Å². The Bertz CT molecular complexity index is 380. The monoisotopic (exact) mass is 466 g/mol. The van der Waals surface area contributed by atoms with E-state index in [1.54, 1.807) is 0 Å². The zero-order valence-corrected chi connectivity index (χ0v) is 24.7. The highest BCUT2D eigenvalue weighted by Crippen LogP contribution is 2.40. The van der Waals surface area contributed by atoms with E-state index in [1.165, 1.54) is 25.7 Å². The fourth-order valence-corrected chi connectivity index (χ4v) is 6.66. The minimum absolute atomic E-state index is 0.523. The molecule has 2 saturated heterocycles. The van der Waals surface area contributed by atoms with Gasteiger partial charge < -0.3 is 9.47 Å². The van der Waals surface area contributed by atoms with Crippen LogP contribution < -0.4 is 0 Å². The van der Waals surface area contributed by atoms with E-state index in [0.717, 1.165) is 79.0 Å². The zero-order valence-electron chi connectivity index (χ0n) is 24.7. The molecule has 198 valence electrons. The van der Waals surface area contributed by atoms with Crippen LogP contribution >= 0.6 is 0 Å². The Hall–Kier alpha value is -0.0800. The molecule has 33 heavy (non-hydrogen) atoms. The molecule has 3 aliphatic rings. The van der Waals surface area contributed by atoms with Crippen LogP contribution in [0.15, 0.2) is 0 Å². The van der Waals surface area contributed by atoms with Gasteiger partial charge in [-0.2, -0.15) is 0 Å². The maximum atomic E-state index is 5.69. The van der Waals surface area contributed by atoms with Crippen LogP contribution in [0.3, 0.4) is 0 Å². The van der Waals surface area contributed by atoms with Crippen LogP contribution in [0.1, 0.15) is 109 Å². The number of ether oxygens (including phenoxy) is 2. The molecule has 0 radical (unpaired) electrons. The van der Waals surface area contributed by atoms with E-state index in [1.807, 2.05) is 0 Å². The molecule has 1 aliphatic carbocycles. The van der Waals surface area contributed by atoms with Crippen molar-refractivity contribution >= 4 is 0 Å². The maximum Gasteiger partial charge on any atom is 0.0629 e. The van der Waals surface area contributed by atoms with Crippen molar-refractivity contribution < 1.29 is 9.47 Å². The average molecular weight is 467 g/mol. The maximum absolute atomic E-state index is 5.69. The van der Waals surface area contributed by atoms with Gasteiger partial charge in [0.25, 0.3) is 0 Å². The summed E-state index contributed by atoms with van der Waals surface area (Å²) in [6, 6.07) is 0. The molecule has 0 amide bonds. The third-order valence-corrected chi connectivity index (χ3v) is 8.92. The Morgan fingerprint density at radius 2 is 0.848 bits per heavy atom. The molecule has 3 rings (SSSR count). The molecule has 0 spiro atoms. The van der Waals surface area contributed by atoms with Crippen molar-refractivity contribution in [1.82, 2.24) is 0 Å². The summed E-state index contributed by atoms with van der Waals surface area (Å²) in [4.78, 5) is 0. The van der Waals surface area contributed by atoms with Gasteiger partial charge in [0.1, 0.15) is 0 Å². The van der Waals surface area contributed by atoms with Crippen LogP contribution in [0, 0.1) is 65.1 Å². The van der Waals surface area contributed by atoms with Crippen LogP contribution in [0.25, 0.3) is 0 Å². The predicted molar refractivity (Wildman–Crippen MR) is 146 cm³/mol. The van der Waals surface area contributed by atoms with Crippen molar-refractivity contribution in [1.29, 1.82) is 0 Å². The van der Waals surface area contributed by atoms with E-state index in [9.17, 15) is 0 Å². The van der Waals surface area contributed by atoms with Gasteiger partial charge in [0.05, 0.1) is 6.10 Å². The van der Waals surface area contributed by atoms with Crippen LogP contribution in [-0.4, -0.2) is 25.9 Å². The highest BCUT2D eigenvalue weighted by Gasteiger charge is 2.33. The lowest BCUT2D eigenvalue weighted by atomic mass is 9.80. The molecular formula is C31H62O2. The van der Waals surface area contributed by atoms with Gasteiger partial charge >= 0.3 is 0 Å². The van der Waals surface area contributed by atoms with Crippen LogP contribution in [-0.2, 0) is 9.47 Å². The minimum Gasteiger partial charge on any atom is -0.381 e. The summed E-state index contributed by atoms with van der Waals surface area (Å²) in [5, 5.41) is 0. The molecule has 0 aromatic heterocycles. The fourth-order valence-electron chi connectivity index (χ4n) is 6.66. The first-order valence-corrected chi connectivity index (χ1v) is 14.6. The second-order valence-electron chi connectivity index (χ2n) is 13.4. The first-order valence-electron chi connectivity index (χ1n) is 14.6. The summed E-state index contributed by atoms with van der Waals surface area (Å²) < 4.78 is 11.2. The van der Waals surface area contributed by atoms with Crippen molar-refractivity contribution in [3.63, 3.8) is 0 Å². The summed E-state index contributed by atoms with van der Waals surface area (Å²) in [6.07, 6.45) is 6.24. The van der Waals surface area contributed by atoms with Gasteiger partial charge in [-0.05, 0) is 84.4 Å². The molecule has 0 N–H and O–H groups in total. The number of hydrogen-bond acceptors (Lipinski definition) is 2. The highest BCUT2D eigenvalue weighted by atomic mass is 16.5. The summed E-state index contributed by atoms with van der Waals surface area (Å²) in [6.45, 7) is 30.8. The molecule has 2 heterocycles. The smallest absolute Gasteiger partial charge is 0.0629 e. The summed E-state index contributed by atoms with van der Waals surface area (Å²) >= 11 is 0.